The van der Waals surface area contributed by atoms with Crippen molar-refractivity contribution in [1.29, 1.82) is 0 Å². The van der Waals surface area contributed by atoms with Gasteiger partial charge in [0.05, 0.1) is 96.4 Å². The number of ether oxygens (including phenoxy) is 14. The highest BCUT2D eigenvalue weighted by Crippen LogP contribution is 2.28. The zero-order chi connectivity index (χ0) is 77.3. The average Bonchev–Trinajstić information content (AvgIpc) is 1.62. The van der Waals surface area contributed by atoms with Crippen molar-refractivity contribution in [2.24, 2.45) is 0 Å². The summed E-state index contributed by atoms with van der Waals surface area (Å²) in [6.45, 7) is 32.1. The van der Waals surface area contributed by atoms with Crippen LogP contribution in [-0.4, -0.2) is 274 Å². The van der Waals surface area contributed by atoms with Gasteiger partial charge in [-0.1, -0.05) is 112 Å². The number of fused-ring (bicyclic) bond motifs is 2. The number of piperidine rings is 2. The van der Waals surface area contributed by atoms with Crippen LogP contribution in [0.25, 0.3) is 44.6 Å². The highest BCUT2D eigenvalue weighted by Gasteiger charge is 2.29. The van der Waals surface area contributed by atoms with Crippen LogP contribution >= 0.6 is 0 Å². The Morgan fingerprint density at radius 3 is 1.45 bits per heavy atom. The van der Waals surface area contributed by atoms with Crippen LogP contribution in [0, 0.1) is 5.21 Å². The molecule has 4 aromatic carbocycles. The van der Waals surface area contributed by atoms with E-state index in [0.29, 0.717) is 111 Å². The Bertz CT molecular complexity index is 3180. The maximum atomic E-state index is 12.8. The third kappa shape index (κ3) is 37.4. The number of quaternary nitrogens is 1. The number of aliphatic hydroxyl groups excluding tert-OH is 1. The topological polar surface area (TPSA) is 267 Å². The number of nitrogens with one attached hydrogen (secondary N) is 1. The number of nitrogens with zero attached hydrogens (tertiary/aromatic N) is 6. The minimum absolute atomic E-state index is 0.142. The largest absolute Gasteiger partial charge is 0.633 e. The molecule has 0 radical (unpaired) electrons. The van der Waals surface area contributed by atoms with Gasteiger partial charge in [0.2, 0.25) is 0 Å². The second-order valence-corrected chi connectivity index (χ2v) is 27.4. The molecule has 9 rings (SSSR count). The fourth-order valence-electron chi connectivity index (χ4n) is 10.2. The number of rotatable bonds is 35. The summed E-state index contributed by atoms with van der Waals surface area (Å²) in [5.41, 5.74) is 4.77. The number of hydrogen-bond donors (Lipinski definition) is 2. The molecule has 2 amide bonds. The number of hydroxylamine groups is 3. The molecule has 5 heterocycles. The first-order valence-corrected chi connectivity index (χ1v) is 37.4. The van der Waals surface area contributed by atoms with Crippen LogP contribution in [0.5, 0.6) is 0 Å². The number of aliphatic hydroxyl groups is 1. The van der Waals surface area contributed by atoms with Gasteiger partial charge >= 0.3 is 18.3 Å². The van der Waals surface area contributed by atoms with Crippen molar-refractivity contribution < 1.29 is 90.5 Å². The van der Waals surface area contributed by atoms with E-state index in [-0.39, 0.29) is 44.3 Å². The zero-order valence-electron chi connectivity index (χ0n) is 65.9. The predicted octanol–water partition coefficient (Wildman–Crippen LogP) is 13.5. The van der Waals surface area contributed by atoms with Crippen molar-refractivity contribution in [2.75, 3.05) is 194 Å². The number of morpholine rings is 1. The van der Waals surface area contributed by atoms with Crippen molar-refractivity contribution in [2.45, 2.75) is 137 Å². The van der Waals surface area contributed by atoms with E-state index in [9.17, 15) is 24.7 Å². The van der Waals surface area contributed by atoms with Crippen LogP contribution in [0.15, 0.2) is 115 Å². The lowest BCUT2D eigenvalue weighted by Gasteiger charge is -2.42. The molecular formula is C80H127N7O19. The lowest BCUT2D eigenvalue weighted by molar-refractivity contribution is -0.882. The number of aromatic amines is 1. The molecule has 0 saturated carbocycles. The molecule has 3 aliphatic rings. The van der Waals surface area contributed by atoms with Gasteiger partial charge < -0.3 is 96.1 Å². The summed E-state index contributed by atoms with van der Waals surface area (Å²) in [5, 5.41) is 23.1. The maximum absolute atomic E-state index is 12.8. The summed E-state index contributed by atoms with van der Waals surface area (Å²) in [6.07, 6.45) is 6.12. The van der Waals surface area contributed by atoms with Gasteiger partial charge in [-0.25, -0.2) is 23.9 Å². The smallest absolute Gasteiger partial charge is 0.420 e. The van der Waals surface area contributed by atoms with Gasteiger partial charge in [0, 0.05) is 96.4 Å². The Morgan fingerprint density at radius 1 is 0.519 bits per heavy atom. The Hall–Kier alpha value is -6.70. The summed E-state index contributed by atoms with van der Waals surface area (Å²) in [4.78, 5) is 50.0. The minimum atomic E-state index is -0.517. The first kappa shape index (κ1) is 91.7. The molecule has 0 spiro atoms. The predicted molar refractivity (Wildman–Crippen MR) is 412 cm³/mol. The number of benzene rings is 4. The molecule has 0 atom stereocenters. The molecule has 0 unspecified atom stereocenters. The fraction of sp³-hybridized carbons (Fsp3) is 0.625. The van der Waals surface area contributed by atoms with E-state index in [1.54, 1.807) is 16.6 Å². The number of carbonyl (C=O) groups is 3. The zero-order valence-corrected chi connectivity index (χ0v) is 65.9. The molecule has 0 aliphatic carbocycles. The number of methoxy groups -OCH3 is 4. The molecule has 596 valence electrons. The van der Waals surface area contributed by atoms with Crippen molar-refractivity contribution >= 4 is 40.2 Å². The van der Waals surface area contributed by atoms with E-state index in [0.717, 1.165) is 101 Å². The van der Waals surface area contributed by atoms with Crippen molar-refractivity contribution in [3.63, 3.8) is 0 Å². The highest BCUT2D eigenvalue weighted by molar-refractivity contribution is 5.92. The van der Waals surface area contributed by atoms with Crippen LogP contribution < -0.4 is 0 Å². The third-order valence-electron chi connectivity index (χ3n) is 17.7. The highest BCUT2D eigenvalue weighted by atomic mass is 16.7. The number of para-hydroxylation sites is 3. The lowest BCUT2D eigenvalue weighted by Crippen LogP contribution is -2.49. The number of amides is 2. The number of H-pyrrole nitrogens is 1. The number of carbonyl (C=O) groups excluding carboxylic acids is 3. The van der Waals surface area contributed by atoms with Gasteiger partial charge in [0.1, 0.15) is 56.8 Å². The van der Waals surface area contributed by atoms with Crippen LogP contribution in [0.4, 0.5) is 14.4 Å². The second-order valence-electron chi connectivity index (χ2n) is 27.4. The van der Waals surface area contributed by atoms with E-state index < -0.39 is 21.9 Å². The van der Waals surface area contributed by atoms with Crippen molar-refractivity contribution in [3.05, 3.63) is 120 Å². The van der Waals surface area contributed by atoms with Crippen LogP contribution in [0.2, 0.25) is 0 Å². The van der Waals surface area contributed by atoms with Crippen LogP contribution in [-0.2, 0) is 66.3 Å². The molecule has 3 saturated heterocycles. The van der Waals surface area contributed by atoms with Crippen LogP contribution in [0.1, 0.15) is 114 Å². The lowest BCUT2D eigenvalue weighted by atomic mass is 10.1. The van der Waals surface area contributed by atoms with Crippen molar-refractivity contribution in [1.82, 2.24) is 29.2 Å². The average molecular weight is 1490 g/mol. The molecule has 26 nitrogen and oxygen atoms in total. The van der Waals surface area contributed by atoms with E-state index in [1.165, 1.54) is 49.9 Å². The van der Waals surface area contributed by atoms with Gasteiger partial charge in [-0.05, 0) is 123 Å². The summed E-state index contributed by atoms with van der Waals surface area (Å²) in [5.74, 6) is 0.601. The number of likely N-dealkylation sites (tertiary alicyclic amines) is 2. The summed E-state index contributed by atoms with van der Waals surface area (Å²) in [6, 6.07) is 38.2. The third-order valence-corrected chi connectivity index (χ3v) is 17.7. The van der Waals surface area contributed by atoms with Gasteiger partial charge in [0.25, 0.3) is 0 Å². The molecule has 3 aliphatic heterocycles. The van der Waals surface area contributed by atoms with Crippen molar-refractivity contribution in [3.8, 4) is 22.6 Å². The number of hydrogen-bond acceptors (Lipinski definition) is 21. The maximum Gasteiger partial charge on any atom is 0.420 e. The standard InChI is InChI=1S/C19H20N2O2.C14H11N.C13H27NO5.C12H27NO7.C11H21NO3.C11H21NO2/c1-4-19(2,3)23-18(22)21-16-13-9-8-12-15(16)20-17(21)14-10-6-5-7-11-14;1-2-6-11(7-3-1)14-10-12-8-4-5-9-13(12)15-14;1-15-8-9-18-12-13-19-11-10-17-7-4-14-2-5-16-6-3-14;1-15-10-18-7-4-13(14,5-8-19-11-16-2)6-9-20-12-17-3;1-4-11(2,3)15-10(14)12-7-5-9(13)6-8-12;1-4-11(2,3)14-10(13)12-8-6-5-7-9-12/h5-13H,4H2,1-3H3;1-10,15H;2-13H2,1H3;4-12H2,1-3H3;9,13H,4-8H2,1-3H3;4-9H2,1-3H3. The van der Waals surface area contributed by atoms with E-state index in [2.05, 4.69) is 63.4 Å². The Labute approximate surface area is 630 Å². The van der Waals surface area contributed by atoms with Gasteiger partial charge in [0.15, 0.2) is 5.82 Å². The molecule has 2 N–H and O–H groups in total. The van der Waals surface area contributed by atoms with E-state index >= 15 is 0 Å². The second kappa shape index (κ2) is 52.4. The van der Waals surface area contributed by atoms with Crippen LogP contribution in [0.3, 0.4) is 0 Å². The van der Waals surface area contributed by atoms with Gasteiger partial charge in [-0.3, -0.25) is 4.90 Å². The quantitative estimate of drug-likeness (QED) is 0.0123. The Balaban J connectivity index is 0.000000271. The molecule has 2 aromatic heterocycles. The van der Waals surface area contributed by atoms with E-state index in [1.807, 2.05) is 134 Å². The number of aromatic nitrogens is 3. The summed E-state index contributed by atoms with van der Waals surface area (Å²) in [7, 11) is 6.28. The fourth-order valence-corrected chi connectivity index (χ4v) is 10.2. The molecule has 0 bridgehead atoms. The minimum Gasteiger partial charge on any atom is -0.633 e. The van der Waals surface area contributed by atoms with Gasteiger partial charge in [-0.15, -0.1) is 0 Å². The monoisotopic (exact) mass is 1490 g/mol. The summed E-state index contributed by atoms with van der Waals surface area (Å²) < 4.78 is 73.7. The first-order chi connectivity index (χ1) is 51.1. The normalized spacial score (nSPS) is 14.4. The summed E-state index contributed by atoms with van der Waals surface area (Å²) >= 11 is 0. The molecule has 26 heteroatoms. The number of imidazole rings is 1. The van der Waals surface area contributed by atoms with E-state index in [4.69, 9.17) is 66.3 Å². The molecular weight excluding hydrogens is 1360 g/mol. The molecule has 106 heavy (non-hydrogen) atoms. The Kier molecular flexibility index (Phi) is 45.3. The molecule has 3 fully saturated rings. The first-order valence-electron chi connectivity index (χ1n) is 37.4. The Morgan fingerprint density at radius 2 is 0.962 bits per heavy atom. The molecule has 6 aromatic rings. The van der Waals surface area contributed by atoms with Gasteiger partial charge in [-0.2, -0.15) is 0 Å². The SMILES string of the molecule is CCC(C)(C)OC(=O)N1CCC(O)CC1.CCC(C)(C)OC(=O)N1CCCCC1.CCC(C)(C)OC(=O)n1c(-c2ccccc2)nc2ccccc21.COCCOCCOCCOCCN1CCOCC1.COCOCC[N+]([O-])(CCOCOC)CCOCOC.c1ccc(-c2cc3ccccc3[nH]2)cc1.